The summed E-state index contributed by atoms with van der Waals surface area (Å²) in [5.74, 6) is 0.563. The van der Waals surface area contributed by atoms with Gasteiger partial charge in [-0.15, -0.1) is 0 Å². The molecule has 0 amide bonds. The lowest BCUT2D eigenvalue weighted by molar-refractivity contribution is 0.555. The molecule has 0 unspecified atom stereocenters. The highest BCUT2D eigenvalue weighted by Gasteiger charge is 2.02. The van der Waals surface area contributed by atoms with Crippen LogP contribution in [0, 0.1) is 0 Å². The van der Waals surface area contributed by atoms with Crippen LogP contribution in [0.25, 0.3) is 11.1 Å². The summed E-state index contributed by atoms with van der Waals surface area (Å²) in [6.45, 7) is 0.443. The Hall–Kier alpha value is -2.83. The number of H-pyrrole nitrogens is 1. The number of rotatable bonds is 3. The van der Waals surface area contributed by atoms with Gasteiger partial charge in [-0.05, 0) is 24.3 Å². The van der Waals surface area contributed by atoms with Crippen molar-refractivity contribution in [3.63, 3.8) is 0 Å². The van der Waals surface area contributed by atoms with Gasteiger partial charge in [0, 0.05) is 11.9 Å². The molecule has 0 aliphatic rings. The first-order chi connectivity index (χ1) is 9.20. The third-order valence-electron chi connectivity index (χ3n) is 2.60. The van der Waals surface area contributed by atoms with Crippen LogP contribution in [0.2, 0.25) is 0 Å². The van der Waals surface area contributed by atoms with Crippen LogP contribution >= 0.6 is 0 Å². The van der Waals surface area contributed by atoms with Gasteiger partial charge in [-0.2, -0.15) is 0 Å². The van der Waals surface area contributed by atoms with Crippen molar-refractivity contribution in [1.82, 2.24) is 15.0 Å². The van der Waals surface area contributed by atoms with Gasteiger partial charge in [0.1, 0.15) is 11.6 Å². The summed E-state index contributed by atoms with van der Waals surface area (Å²) < 4.78 is 4.92. The minimum atomic E-state index is -0.466. The molecule has 96 valence electrons. The van der Waals surface area contributed by atoms with Crippen molar-refractivity contribution in [2.24, 2.45) is 0 Å². The maximum atomic E-state index is 11.0. The van der Waals surface area contributed by atoms with Crippen LogP contribution in [-0.2, 0) is 6.54 Å². The van der Waals surface area contributed by atoms with Gasteiger partial charge < -0.3 is 15.5 Å². The number of benzene rings is 1. The van der Waals surface area contributed by atoms with E-state index in [9.17, 15) is 4.79 Å². The van der Waals surface area contributed by atoms with E-state index >= 15 is 0 Å². The van der Waals surface area contributed by atoms with E-state index in [-0.39, 0.29) is 0 Å². The summed E-state index contributed by atoms with van der Waals surface area (Å²) in [5, 5.41) is 3.15. The number of aromatic amines is 1. The number of oxazole rings is 1. The first-order valence-electron chi connectivity index (χ1n) is 5.65. The minimum Gasteiger partial charge on any atom is -0.408 e. The van der Waals surface area contributed by atoms with Crippen molar-refractivity contribution in [1.29, 1.82) is 0 Å². The SMILES string of the molecule is Nc1ccnc(CNc2ccc3oc(=O)[nH]c3c2)n1. The van der Waals surface area contributed by atoms with Gasteiger partial charge in [-0.25, -0.2) is 14.8 Å². The number of hydrogen-bond donors (Lipinski definition) is 3. The topological polar surface area (TPSA) is 110 Å². The molecular formula is C12H11N5O2. The Balaban J connectivity index is 1.79. The van der Waals surface area contributed by atoms with E-state index in [0.29, 0.717) is 29.3 Å². The molecule has 0 fully saturated rings. The normalized spacial score (nSPS) is 10.7. The van der Waals surface area contributed by atoms with Crippen LogP contribution in [0.1, 0.15) is 5.82 Å². The zero-order valence-corrected chi connectivity index (χ0v) is 9.88. The number of fused-ring (bicyclic) bond motifs is 1. The van der Waals surface area contributed by atoms with E-state index in [0.717, 1.165) is 5.69 Å². The Morgan fingerprint density at radius 1 is 1.37 bits per heavy atom. The van der Waals surface area contributed by atoms with E-state index in [1.54, 1.807) is 24.4 Å². The van der Waals surface area contributed by atoms with Gasteiger partial charge in [-0.3, -0.25) is 4.98 Å². The molecule has 0 aliphatic heterocycles. The third-order valence-corrected chi connectivity index (χ3v) is 2.60. The maximum Gasteiger partial charge on any atom is 0.417 e. The predicted octanol–water partition coefficient (Wildman–Crippen LogP) is 1.11. The zero-order chi connectivity index (χ0) is 13.2. The lowest BCUT2D eigenvalue weighted by Crippen LogP contribution is -2.05. The van der Waals surface area contributed by atoms with Gasteiger partial charge in [0.2, 0.25) is 0 Å². The van der Waals surface area contributed by atoms with Gasteiger partial charge in [-0.1, -0.05) is 0 Å². The largest absolute Gasteiger partial charge is 0.417 e. The summed E-state index contributed by atoms with van der Waals surface area (Å²) in [7, 11) is 0. The van der Waals surface area contributed by atoms with Crippen molar-refractivity contribution in [3.05, 3.63) is 46.8 Å². The van der Waals surface area contributed by atoms with Gasteiger partial charge in [0.15, 0.2) is 5.58 Å². The van der Waals surface area contributed by atoms with E-state index in [4.69, 9.17) is 10.2 Å². The standard InChI is InChI=1S/C12H11N5O2/c13-10-3-4-14-11(17-10)6-15-7-1-2-9-8(5-7)16-12(18)19-9/h1-5,15H,6H2,(H,16,18)(H2,13,14,17). The summed E-state index contributed by atoms with van der Waals surface area (Å²) in [4.78, 5) is 21.8. The van der Waals surface area contributed by atoms with Crippen molar-refractivity contribution >= 4 is 22.6 Å². The molecule has 0 bridgehead atoms. The first kappa shape index (κ1) is 11.3. The van der Waals surface area contributed by atoms with Crippen molar-refractivity contribution in [2.45, 2.75) is 6.54 Å². The molecule has 0 saturated carbocycles. The number of aromatic nitrogens is 3. The molecule has 0 spiro atoms. The molecule has 3 aromatic rings. The molecule has 0 atom stereocenters. The van der Waals surface area contributed by atoms with Crippen LogP contribution in [0.5, 0.6) is 0 Å². The number of hydrogen-bond acceptors (Lipinski definition) is 6. The number of nitrogen functional groups attached to an aromatic ring is 1. The number of nitrogens with zero attached hydrogens (tertiary/aromatic N) is 2. The van der Waals surface area contributed by atoms with E-state index < -0.39 is 5.76 Å². The summed E-state index contributed by atoms with van der Waals surface area (Å²) >= 11 is 0. The Bertz CT molecular complexity index is 777. The lowest BCUT2D eigenvalue weighted by Gasteiger charge is -2.05. The lowest BCUT2D eigenvalue weighted by atomic mass is 10.3. The minimum absolute atomic E-state index is 0.432. The van der Waals surface area contributed by atoms with Crippen molar-refractivity contribution in [3.8, 4) is 0 Å². The fourth-order valence-corrected chi connectivity index (χ4v) is 1.74. The summed E-state index contributed by atoms with van der Waals surface area (Å²) in [6.07, 6.45) is 1.61. The molecule has 4 N–H and O–H groups in total. The van der Waals surface area contributed by atoms with Crippen LogP contribution in [0.3, 0.4) is 0 Å². The summed E-state index contributed by atoms with van der Waals surface area (Å²) in [5.41, 5.74) is 7.57. The Kier molecular flexibility index (Phi) is 2.64. The molecule has 0 saturated heterocycles. The fourth-order valence-electron chi connectivity index (χ4n) is 1.74. The van der Waals surface area contributed by atoms with E-state index in [1.807, 2.05) is 6.07 Å². The molecule has 19 heavy (non-hydrogen) atoms. The molecule has 2 heterocycles. The predicted molar refractivity (Wildman–Crippen MR) is 70.6 cm³/mol. The Labute approximate surface area is 107 Å². The molecule has 7 heteroatoms. The summed E-state index contributed by atoms with van der Waals surface area (Å²) in [6, 6.07) is 6.94. The highest BCUT2D eigenvalue weighted by Crippen LogP contribution is 2.16. The van der Waals surface area contributed by atoms with Gasteiger partial charge in [0.25, 0.3) is 0 Å². The molecular weight excluding hydrogens is 246 g/mol. The second kappa shape index (κ2) is 4.45. The van der Waals surface area contributed by atoms with E-state index in [1.165, 1.54) is 0 Å². The Morgan fingerprint density at radius 3 is 3.11 bits per heavy atom. The smallest absolute Gasteiger partial charge is 0.408 e. The quantitative estimate of drug-likeness (QED) is 0.648. The molecule has 7 nitrogen and oxygen atoms in total. The maximum absolute atomic E-state index is 11.0. The first-order valence-corrected chi connectivity index (χ1v) is 5.65. The van der Waals surface area contributed by atoms with Gasteiger partial charge >= 0.3 is 5.76 Å². The molecule has 0 radical (unpaired) electrons. The number of nitrogens with two attached hydrogens (primary N) is 1. The zero-order valence-electron chi connectivity index (χ0n) is 9.88. The second-order valence-corrected chi connectivity index (χ2v) is 3.98. The van der Waals surface area contributed by atoms with E-state index in [2.05, 4.69) is 20.3 Å². The monoisotopic (exact) mass is 257 g/mol. The van der Waals surface area contributed by atoms with Gasteiger partial charge in [0.05, 0.1) is 12.1 Å². The molecule has 0 aliphatic carbocycles. The molecule has 3 rings (SSSR count). The molecule has 1 aromatic carbocycles. The number of nitrogens with one attached hydrogen (secondary N) is 2. The average Bonchev–Trinajstić information content (AvgIpc) is 2.75. The van der Waals surface area contributed by atoms with Crippen LogP contribution in [0.4, 0.5) is 11.5 Å². The second-order valence-electron chi connectivity index (χ2n) is 3.98. The van der Waals surface area contributed by atoms with Crippen molar-refractivity contribution in [2.75, 3.05) is 11.1 Å². The van der Waals surface area contributed by atoms with Crippen LogP contribution in [0.15, 0.2) is 39.7 Å². The average molecular weight is 257 g/mol. The Morgan fingerprint density at radius 2 is 2.26 bits per heavy atom. The molecule has 2 aromatic heterocycles. The third kappa shape index (κ3) is 2.39. The highest BCUT2D eigenvalue weighted by molar-refractivity contribution is 5.76. The number of anilines is 2. The van der Waals surface area contributed by atoms with Crippen molar-refractivity contribution < 1.29 is 4.42 Å². The fraction of sp³-hybridized carbons (Fsp3) is 0.0833. The van der Waals surface area contributed by atoms with Crippen LogP contribution < -0.4 is 16.8 Å². The highest BCUT2D eigenvalue weighted by atomic mass is 16.4. The van der Waals surface area contributed by atoms with Crippen LogP contribution in [-0.4, -0.2) is 15.0 Å².